The molecule has 2 heterocycles. The molecule has 1 aromatic carbocycles. The summed E-state index contributed by atoms with van der Waals surface area (Å²) in [4.78, 5) is 6.81. The molecule has 0 spiro atoms. The van der Waals surface area contributed by atoms with E-state index in [9.17, 15) is 5.11 Å². The van der Waals surface area contributed by atoms with Crippen molar-refractivity contribution in [2.45, 2.75) is 32.9 Å². The number of aliphatic hydroxyl groups is 1. The van der Waals surface area contributed by atoms with E-state index >= 15 is 0 Å². The third-order valence-electron chi connectivity index (χ3n) is 4.09. The summed E-state index contributed by atoms with van der Waals surface area (Å²) in [7, 11) is 0. The van der Waals surface area contributed by atoms with Crippen LogP contribution in [0.25, 0.3) is 10.9 Å². The maximum absolute atomic E-state index is 10.6. The van der Waals surface area contributed by atoms with Crippen LogP contribution in [0.1, 0.15) is 35.9 Å². The van der Waals surface area contributed by atoms with E-state index in [1.54, 1.807) is 0 Å². The second-order valence-electron chi connectivity index (χ2n) is 5.43. The second kappa shape index (κ2) is 4.91. The van der Waals surface area contributed by atoms with E-state index in [0.717, 1.165) is 35.2 Å². The van der Waals surface area contributed by atoms with Crippen LogP contribution in [-0.4, -0.2) is 28.1 Å². The Hall–Kier alpha value is -1.45. The second-order valence-corrected chi connectivity index (χ2v) is 5.43. The largest absolute Gasteiger partial charge is 0.374 e. The maximum Gasteiger partial charge on any atom is 0.135 e. The average Bonchev–Trinajstić information content (AvgIpc) is 2.92. The maximum atomic E-state index is 10.6. The van der Waals surface area contributed by atoms with Crippen molar-refractivity contribution in [3.63, 3.8) is 0 Å². The lowest BCUT2D eigenvalue weighted by Gasteiger charge is -2.23. The summed E-state index contributed by atoms with van der Waals surface area (Å²) < 4.78 is 0. The summed E-state index contributed by atoms with van der Waals surface area (Å²) in [6, 6.07) is 8.22. The van der Waals surface area contributed by atoms with Gasteiger partial charge in [0.1, 0.15) is 6.23 Å². The lowest BCUT2D eigenvalue weighted by atomic mass is 10.1. The number of aromatic nitrogens is 1. The molecule has 0 radical (unpaired) electrons. The van der Waals surface area contributed by atoms with Crippen LogP contribution in [0.3, 0.4) is 0 Å². The number of benzene rings is 1. The number of nitrogens with zero attached hydrogens (tertiary/aromatic N) is 2. The first-order chi connectivity index (χ1) is 9.16. The highest BCUT2D eigenvalue weighted by atomic mass is 16.3. The van der Waals surface area contributed by atoms with Crippen molar-refractivity contribution in [3.8, 4) is 0 Å². The predicted molar refractivity (Wildman–Crippen MR) is 77.0 cm³/mol. The summed E-state index contributed by atoms with van der Waals surface area (Å²) in [6.07, 6.45) is 1.82. The van der Waals surface area contributed by atoms with Crippen LogP contribution in [0.4, 0.5) is 0 Å². The van der Waals surface area contributed by atoms with Gasteiger partial charge in [0, 0.05) is 29.7 Å². The van der Waals surface area contributed by atoms with Gasteiger partial charge in [0.05, 0.1) is 5.52 Å². The van der Waals surface area contributed by atoms with E-state index in [4.69, 9.17) is 0 Å². The van der Waals surface area contributed by atoms with Gasteiger partial charge in [0.15, 0.2) is 0 Å². The molecule has 3 nitrogen and oxygen atoms in total. The molecule has 1 fully saturated rings. The van der Waals surface area contributed by atoms with Crippen molar-refractivity contribution >= 4 is 10.9 Å². The van der Waals surface area contributed by atoms with Crippen LogP contribution in [-0.2, 0) is 0 Å². The van der Waals surface area contributed by atoms with Crippen molar-refractivity contribution in [3.05, 3.63) is 41.1 Å². The number of aliphatic hydroxyl groups excluding tert-OH is 1. The average molecular weight is 256 g/mol. The molecule has 1 saturated heterocycles. The Bertz CT molecular complexity index is 603. The molecule has 0 amide bonds. The summed E-state index contributed by atoms with van der Waals surface area (Å²) in [5.41, 5.74) is 4.10. The van der Waals surface area contributed by atoms with Gasteiger partial charge in [-0.3, -0.25) is 9.88 Å². The lowest BCUT2D eigenvalue weighted by Crippen LogP contribution is -2.25. The number of hydrogen-bond acceptors (Lipinski definition) is 3. The third-order valence-corrected chi connectivity index (χ3v) is 4.09. The number of likely N-dealkylation sites (tertiary alicyclic amines) is 1. The topological polar surface area (TPSA) is 36.4 Å². The van der Waals surface area contributed by atoms with Crippen molar-refractivity contribution in [1.82, 2.24) is 9.88 Å². The number of rotatable bonds is 2. The van der Waals surface area contributed by atoms with E-state index in [-0.39, 0.29) is 0 Å². The Morgan fingerprint density at radius 3 is 2.68 bits per heavy atom. The Labute approximate surface area is 113 Å². The molecule has 1 aliphatic rings. The molecule has 0 saturated carbocycles. The molecule has 3 rings (SSSR count). The third kappa shape index (κ3) is 2.24. The first kappa shape index (κ1) is 12.6. The highest BCUT2D eigenvalue weighted by molar-refractivity contribution is 5.83. The Morgan fingerprint density at radius 2 is 1.95 bits per heavy atom. The molecule has 100 valence electrons. The molecule has 3 heteroatoms. The normalized spacial score (nSPS) is 18.1. The Morgan fingerprint density at radius 1 is 1.21 bits per heavy atom. The highest BCUT2D eigenvalue weighted by Gasteiger charge is 2.23. The smallest absolute Gasteiger partial charge is 0.135 e. The van der Waals surface area contributed by atoms with E-state index in [1.165, 1.54) is 18.4 Å². The predicted octanol–water partition coefficient (Wildman–Crippen LogP) is 2.94. The van der Waals surface area contributed by atoms with Crippen LogP contribution < -0.4 is 0 Å². The zero-order chi connectivity index (χ0) is 13.4. The highest BCUT2D eigenvalue weighted by Crippen LogP contribution is 2.28. The zero-order valence-corrected chi connectivity index (χ0v) is 11.6. The number of hydrogen-bond donors (Lipinski definition) is 1. The van der Waals surface area contributed by atoms with Gasteiger partial charge < -0.3 is 5.11 Å². The van der Waals surface area contributed by atoms with Gasteiger partial charge in [-0.1, -0.05) is 18.2 Å². The molecule has 1 N–H and O–H groups in total. The molecule has 19 heavy (non-hydrogen) atoms. The molecule has 0 bridgehead atoms. The minimum atomic E-state index is -0.527. The molecule has 1 aromatic heterocycles. The SMILES string of the molecule is Cc1cc2cccc(C(O)N3CCCC3)c2nc1C. The van der Waals surface area contributed by atoms with Crippen LogP contribution in [0.2, 0.25) is 0 Å². The van der Waals surface area contributed by atoms with Crippen molar-refractivity contribution < 1.29 is 5.11 Å². The molecule has 1 atom stereocenters. The number of para-hydroxylation sites is 1. The monoisotopic (exact) mass is 256 g/mol. The first-order valence-electron chi connectivity index (χ1n) is 6.96. The minimum absolute atomic E-state index is 0.527. The first-order valence-corrected chi connectivity index (χ1v) is 6.96. The standard InChI is InChI=1S/C16H20N2O/c1-11-10-13-6-5-7-14(15(13)17-12(11)2)16(19)18-8-3-4-9-18/h5-7,10,16,19H,3-4,8-9H2,1-2H3. The molecular weight excluding hydrogens is 236 g/mol. The fourth-order valence-electron chi connectivity index (χ4n) is 2.81. The van der Waals surface area contributed by atoms with Gasteiger partial charge in [-0.25, -0.2) is 0 Å². The summed E-state index contributed by atoms with van der Waals surface area (Å²) in [5.74, 6) is 0. The quantitative estimate of drug-likeness (QED) is 0.897. The lowest BCUT2D eigenvalue weighted by molar-refractivity contribution is 0.0201. The van der Waals surface area contributed by atoms with E-state index in [2.05, 4.69) is 28.9 Å². The van der Waals surface area contributed by atoms with Gasteiger partial charge >= 0.3 is 0 Å². The molecular formula is C16H20N2O. The van der Waals surface area contributed by atoms with E-state index < -0.39 is 6.23 Å². The van der Waals surface area contributed by atoms with Crippen LogP contribution in [0.15, 0.2) is 24.3 Å². The van der Waals surface area contributed by atoms with Crippen molar-refractivity contribution in [2.75, 3.05) is 13.1 Å². The summed E-state index contributed by atoms with van der Waals surface area (Å²) in [6.45, 7) is 6.05. The minimum Gasteiger partial charge on any atom is -0.374 e. The van der Waals surface area contributed by atoms with Gasteiger partial charge in [-0.05, 0) is 38.3 Å². The van der Waals surface area contributed by atoms with Crippen LogP contribution >= 0.6 is 0 Å². The zero-order valence-electron chi connectivity index (χ0n) is 11.6. The van der Waals surface area contributed by atoms with Crippen LogP contribution in [0, 0.1) is 13.8 Å². The summed E-state index contributed by atoms with van der Waals surface area (Å²) >= 11 is 0. The van der Waals surface area contributed by atoms with Gasteiger partial charge in [0.25, 0.3) is 0 Å². The molecule has 1 aliphatic heterocycles. The fraction of sp³-hybridized carbons (Fsp3) is 0.438. The van der Waals surface area contributed by atoms with E-state index in [1.807, 2.05) is 19.1 Å². The molecule has 2 aromatic rings. The van der Waals surface area contributed by atoms with Crippen molar-refractivity contribution in [2.24, 2.45) is 0 Å². The van der Waals surface area contributed by atoms with Crippen molar-refractivity contribution in [1.29, 1.82) is 0 Å². The number of pyridine rings is 1. The Kier molecular flexibility index (Phi) is 3.25. The molecule has 0 aliphatic carbocycles. The Balaban J connectivity index is 2.09. The number of fused-ring (bicyclic) bond motifs is 1. The fourth-order valence-corrected chi connectivity index (χ4v) is 2.81. The van der Waals surface area contributed by atoms with Gasteiger partial charge in [0.2, 0.25) is 0 Å². The number of aryl methyl sites for hydroxylation is 2. The van der Waals surface area contributed by atoms with Gasteiger partial charge in [-0.15, -0.1) is 0 Å². The van der Waals surface area contributed by atoms with Gasteiger partial charge in [-0.2, -0.15) is 0 Å². The van der Waals surface area contributed by atoms with Crippen LogP contribution in [0.5, 0.6) is 0 Å². The summed E-state index contributed by atoms with van der Waals surface area (Å²) in [5, 5.41) is 11.7. The van der Waals surface area contributed by atoms with E-state index in [0.29, 0.717) is 0 Å². The molecule has 1 unspecified atom stereocenters.